The number of hydrogen-bond acceptors (Lipinski definition) is 8. The second-order valence-corrected chi connectivity index (χ2v) is 13.3. The third kappa shape index (κ3) is 7.81. The van der Waals surface area contributed by atoms with Crippen LogP contribution in [0.15, 0.2) is 89.7 Å². The van der Waals surface area contributed by atoms with Crippen LogP contribution < -0.4 is 14.2 Å². The second kappa shape index (κ2) is 16.3. The van der Waals surface area contributed by atoms with Crippen LogP contribution in [0.5, 0.6) is 17.2 Å². The first-order chi connectivity index (χ1) is 24.9. The quantitative estimate of drug-likeness (QED) is 0.104. The Bertz CT molecular complexity index is 1810. The molecule has 10 heteroatoms. The maximum absolute atomic E-state index is 13.9. The Hall–Kier alpha value is -5.09. The number of rotatable bonds is 14. The van der Waals surface area contributed by atoms with E-state index >= 15 is 0 Å². The Balaban J connectivity index is 1.12. The van der Waals surface area contributed by atoms with E-state index in [1.807, 2.05) is 58.9 Å². The molecule has 2 aromatic heterocycles. The summed E-state index contributed by atoms with van der Waals surface area (Å²) in [6, 6.07) is 17.8. The van der Waals surface area contributed by atoms with E-state index in [4.69, 9.17) is 18.6 Å². The van der Waals surface area contributed by atoms with Gasteiger partial charge in [0.1, 0.15) is 5.76 Å². The van der Waals surface area contributed by atoms with Crippen LogP contribution in [0.2, 0.25) is 0 Å². The molecule has 0 spiro atoms. The number of nitrogens with zero attached hydrogens (tertiary/aromatic N) is 4. The molecule has 51 heavy (non-hydrogen) atoms. The van der Waals surface area contributed by atoms with Gasteiger partial charge in [-0.15, -0.1) is 0 Å². The zero-order valence-electron chi connectivity index (χ0n) is 30.0. The van der Waals surface area contributed by atoms with Gasteiger partial charge in [-0.3, -0.25) is 9.59 Å². The third-order valence-corrected chi connectivity index (χ3v) is 10.4. The molecule has 1 amide bonds. The van der Waals surface area contributed by atoms with Crippen molar-refractivity contribution in [3.8, 4) is 17.2 Å². The van der Waals surface area contributed by atoms with E-state index < -0.39 is 0 Å². The molecule has 1 atom stereocenters. The highest BCUT2D eigenvalue weighted by molar-refractivity contribution is 5.96. The first-order valence-corrected chi connectivity index (χ1v) is 17.7. The van der Waals surface area contributed by atoms with Crippen molar-refractivity contribution in [2.75, 3.05) is 54.1 Å². The maximum atomic E-state index is 13.9. The van der Waals surface area contributed by atoms with Crippen molar-refractivity contribution in [1.82, 2.24) is 19.4 Å². The smallest absolute Gasteiger partial charge is 0.254 e. The van der Waals surface area contributed by atoms with E-state index in [1.165, 1.54) is 5.56 Å². The summed E-state index contributed by atoms with van der Waals surface area (Å²) in [7, 11) is 4.66. The lowest BCUT2D eigenvalue weighted by molar-refractivity contribution is 0.0777. The normalized spacial score (nSPS) is 18.5. The monoisotopic (exact) mass is 692 g/mol. The number of carbonyl (C=O) groups is 2. The summed E-state index contributed by atoms with van der Waals surface area (Å²) >= 11 is 0. The standard InChI is InChI=1S/C41H48N4O6/c1-5-6-8-14-33-27-42-39(45(33)28-34-15-11-24-51-34)37(46)30-16-20-43(21-17-30)22-18-41(32-12-9-7-10-13-32)19-23-44(29-41)40(47)31-25-35(48-2)38(50-4)36(26-31)49-3/h5-15,24-27,30H,16-23,28-29H2,1-4H3/b6-5-,14-8-. The summed E-state index contributed by atoms with van der Waals surface area (Å²) in [6.45, 7) is 6.24. The van der Waals surface area contributed by atoms with Crippen LogP contribution in [0, 0.1) is 5.92 Å². The van der Waals surface area contributed by atoms with Gasteiger partial charge in [0.25, 0.3) is 5.91 Å². The summed E-state index contributed by atoms with van der Waals surface area (Å²) < 4.78 is 24.1. The summed E-state index contributed by atoms with van der Waals surface area (Å²) in [6.07, 6.45) is 14.6. The summed E-state index contributed by atoms with van der Waals surface area (Å²) in [4.78, 5) is 36.8. The number of piperidine rings is 1. The number of hydrogen-bond donors (Lipinski definition) is 0. The average Bonchev–Trinajstić information content (AvgIpc) is 3.95. The molecule has 2 saturated heterocycles. The molecule has 2 aliphatic rings. The van der Waals surface area contributed by atoms with Gasteiger partial charge in [0.05, 0.1) is 46.0 Å². The Morgan fingerprint density at radius 1 is 0.961 bits per heavy atom. The number of carbonyl (C=O) groups excluding carboxylic acids is 2. The van der Waals surface area contributed by atoms with Crippen LogP contribution in [0.1, 0.15) is 70.6 Å². The minimum absolute atomic E-state index is 0.0581. The molecule has 4 aromatic rings. The molecule has 2 aliphatic heterocycles. The van der Waals surface area contributed by atoms with Crippen molar-refractivity contribution < 1.29 is 28.2 Å². The molecule has 6 rings (SSSR count). The van der Waals surface area contributed by atoms with E-state index in [0.29, 0.717) is 48.3 Å². The van der Waals surface area contributed by atoms with Crippen LogP contribution in [0.3, 0.4) is 0 Å². The molecular formula is C41H48N4O6. The maximum Gasteiger partial charge on any atom is 0.254 e. The molecule has 0 bridgehead atoms. The number of ketones is 1. The third-order valence-electron chi connectivity index (χ3n) is 10.4. The SMILES string of the molecule is C/C=C\C=C/c1cnc(C(=O)C2CCN(CCC3(c4ccccc4)CCN(C(=O)c4cc(OC)c(OC)c(OC)c4)C3)CC2)n1Cc1ccco1. The highest BCUT2D eigenvalue weighted by Crippen LogP contribution is 2.41. The molecular weight excluding hydrogens is 644 g/mol. The summed E-state index contributed by atoms with van der Waals surface area (Å²) in [5, 5.41) is 0. The minimum atomic E-state index is -0.183. The number of likely N-dealkylation sites (tertiary alicyclic amines) is 2. The molecule has 4 heterocycles. The predicted molar refractivity (Wildman–Crippen MR) is 197 cm³/mol. The van der Waals surface area contributed by atoms with Crippen LogP contribution >= 0.6 is 0 Å². The molecule has 0 radical (unpaired) electrons. The lowest BCUT2D eigenvalue weighted by Crippen LogP contribution is -2.41. The van der Waals surface area contributed by atoms with Crippen LogP contribution in [0.25, 0.3) is 6.08 Å². The molecule has 268 valence electrons. The van der Waals surface area contributed by atoms with E-state index in [-0.39, 0.29) is 23.0 Å². The molecule has 2 fully saturated rings. The van der Waals surface area contributed by atoms with Crippen molar-refractivity contribution in [2.24, 2.45) is 5.92 Å². The fourth-order valence-electron chi connectivity index (χ4n) is 7.49. The molecule has 0 N–H and O–H groups in total. The lowest BCUT2D eigenvalue weighted by atomic mass is 9.76. The number of imidazole rings is 1. The van der Waals surface area contributed by atoms with Gasteiger partial charge in [-0.05, 0) is 88.1 Å². The number of Topliss-reactive ketones (excluding diaryl/α,β-unsaturated/α-hetero) is 1. The molecule has 10 nitrogen and oxygen atoms in total. The predicted octanol–water partition coefficient (Wildman–Crippen LogP) is 6.91. The van der Waals surface area contributed by atoms with Gasteiger partial charge in [-0.2, -0.15) is 0 Å². The summed E-state index contributed by atoms with van der Waals surface area (Å²) in [5.41, 5.74) is 2.44. The van der Waals surface area contributed by atoms with Crippen molar-refractivity contribution in [2.45, 2.75) is 44.6 Å². The van der Waals surface area contributed by atoms with Gasteiger partial charge in [-0.25, -0.2) is 4.98 Å². The van der Waals surface area contributed by atoms with Crippen molar-refractivity contribution >= 4 is 17.8 Å². The lowest BCUT2D eigenvalue weighted by Gasteiger charge is -2.36. The second-order valence-electron chi connectivity index (χ2n) is 13.3. The Labute approximate surface area is 300 Å². The number of aromatic nitrogens is 2. The van der Waals surface area contributed by atoms with Crippen molar-refractivity contribution in [1.29, 1.82) is 0 Å². The molecule has 0 aliphatic carbocycles. The van der Waals surface area contributed by atoms with Crippen LogP contribution in [0.4, 0.5) is 0 Å². The first-order valence-electron chi connectivity index (χ1n) is 17.7. The fraction of sp³-hybridized carbons (Fsp3) is 0.390. The van der Waals surface area contributed by atoms with Gasteiger partial charge in [0, 0.05) is 30.0 Å². The van der Waals surface area contributed by atoms with E-state index in [1.54, 1.807) is 45.9 Å². The van der Waals surface area contributed by atoms with E-state index in [9.17, 15) is 9.59 Å². The number of amides is 1. The highest BCUT2D eigenvalue weighted by Gasteiger charge is 2.42. The van der Waals surface area contributed by atoms with Gasteiger partial charge in [0.2, 0.25) is 11.5 Å². The van der Waals surface area contributed by atoms with E-state index in [0.717, 1.165) is 56.8 Å². The number of benzene rings is 2. The Morgan fingerprint density at radius 2 is 1.71 bits per heavy atom. The van der Waals surface area contributed by atoms with E-state index in [2.05, 4.69) is 34.1 Å². The highest BCUT2D eigenvalue weighted by atomic mass is 16.5. The molecule has 2 aromatic carbocycles. The van der Waals surface area contributed by atoms with Crippen LogP contribution in [-0.2, 0) is 12.0 Å². The Kier molecular flexibility index (Phi) is 11.4. The topological polar surface area (TPSA) is 99.3 Å². The van der Waals surface area contributed by atoms with Gasteiger partial charge in [-0.1, -0.05) is 48.6 Å². The van der Waals surface area contributed by atoms with Crippen molar-refractivity contribution in [3.05, 3.63) is 114 Å². The zero-order chi connectivity index (χ0) is 35.8. The molecule has 1 unspecified atom stereocenters. The number of furan rings is 1. The molecule has 0 saturated carbocycles. The largest absolute Gasteiger partial charge is 0.493 e. The van der Waals surface area contributed by atoms with Crippen LogP contribution in [-0.4, -0.2) is 85.1 Å². The van der Waals surface area contributed by atoms with Gasteiger partial charge in [0.15, 0.2) is 17.3 Å². The summed E-state index contributed by atoms with van der Waals surface area (Å²) in [5.74, 6) is 2.58. The average molecular weight is 693 g/mol. The number of ether oxygens (including phenoxy) is 3. The first kappa shape index (κ1) is 35.7. The Morgan fingerprint density at radius 3 is 2.35 bits per heavy atom. The fourth-order valence-corrected chi connectivity index (χ4v) is 7.49. The van der Waals surface area contributed by atoms with Gasteiger partial charge < -0.3 is 33.0 Å². The zero-order valence-corrected chi connectivity index (χ0v) is 30.0. The number of allylic oxidation sites excluding steroid dienone is 3. The minimum Gasteiger partial charge on any atom is -0.493 e. The van der Waals surface area contributed by atoms with Gasteiger partial charge >= 0.3 is 0 Å². The number of methoxy groups -OCH3 is 3. The van der Waals surface area contributed by atoms with Crippen molar-refractivity contribution in [3.63, 3.8) is 0 Å².